The molecule has 0 spiro atoms. The zero-order valence-electron chi connectivity index (χ0n) is 20.6. The number of amides is 2. The van der Waals surface area contributed by atoms with Gasteiger partial charge in [0, 0.05) is 17.1 Å². The fourth-order valence-corrected chi connectivity index (χ4v) is 4.42. The Labute approximate surface area is 208 Å². The first kappa shape index (κ1) is 27.7. The Morgan fingerprint density at radius 2 is 1.65 bits per heavy atom. The molecule has 1 N–H and O–H groups in total. The van der Waals surface area contributed by atoms with Gasteiger partial charge in [0.1, 0.15) is 12.6 Å². The van der Waals surface area contributed by atoms with Crippen LogP contribution in [-0.2, 0) is 32.6 Å². The number of sulfonamides is 1. The van der Waals surface area contributed by atoms with Gasteiger partial charge in [0.2, 0.25) is 21.8 Å². The van der Waals surface area contributed by atoms with Crippen molar-refractivity contribution in [2.45, 2.75) is 59.2 Å². The average molecular weight is 508 g/mol. The maximum Gasteiger partial charge on any atom is 0.244 e. The maximum absolute atomic E-state index is 13.5. The van der Waals surface area contributed by atoms with Crippen molar-refractivity contribution < 1.29 is 18.0 Å². The van der Waals surface area contributed by atoms with E-state index in [4.69, 9.17) is 11.6 Å². The van der Waals surface area contributed by atoms with Gasteiger partial charge in [0.25, 0.3) is 0 Å². The molecule has 0 bridgehead atoms. The first-order valence-electron chi connectivity index (χ1n) is 11.1. The highest BCUT2D eigenvalue weighted by molar-refractivity contribution is 7.92. The fraction of sp³-hybridized carbons (Fsp3) is 0.440. The molecule has 9 heteroatoms. The lowest BCUT2D eigenvalue weighted by atomic mass is 10.1. The van der Waals surface area contributed by atoms with Crippen LogP contribution in [0.3, 0.4) is 0 Å². The van der Waals surface area contributed by atoms with Crippen molar-refractivity contribution >= 4 is 39.1 Å². The molecule has 1 atom stereocenters. The highest BCUT2D eigenvalue weighted by Gasteiger charge is 2.31. The minimum Gasteiger partial charge on any atom is -0.350 e. The van der Waals surface area contributed by atoms with Crippen molar-refractivity contribution in [2.75, 3.05) is 17.1 Å². The van der Waals surface area contributed by atoms with Crippen LogP contribution in [0.15, 0.2) is 48.5 Å². The monoisotopic (exact) mass is 507 g/mol. The van der Waals surface area contributed by atoms with E-state index in [0.717, 1.165) is 22.5 Å². The van der Waals surface area contributed by atoms with Crippen LogP contribution in [0.4, 0.5) is 5.69 Å². The Balaban J connectivity index is 2.41. The SMILES string of the molecule is CCc1ccc(N(CC(=O)N(Cc2ccccc2Cl)C(C)C(=O)NC(C)(C)C)S(C)(=O)=O)cc1. The summed E-state index contributed by atoms with van der Waals surface area (Å²) in [5.74, 6) is -0.854. The van der Waals surface area contributed by atoms with E-state index in [1.165, 1.54) is 4.90 Å². The first-order valence-corrected chi connectivity index (χ1v) is 13.4. The second-order valence-electron chi connectivity index (χ2n) is 9.32. The Morgan fingerprint density at radius 1 is 1.06 bits per heavy atom. The van der Waals surface area contributed by atoms with Crippen molar-refractivity contribution in [3.63, 3.8) is 0 Å². The van der Waals surface area contributed by atoms with Gasteiger partial charge in [-0.3, -0.25) is 13.9 Å². The molecule has 186 valence electrons. The number of carbonyl (C=O) groups excluding carboxylic acids is 2. The third-order valence-corrected chi connectivity index (χ3v) is 6.79. The summed E-state index contributed by atoms with van der Waals surface area (Å²) in [4.78, 5) is 27.8. The molecule has 0 aromatic heterocycles. The van der Waals surface area contributed by atoms with E-state index in [1.54, 1.807) is 43.3 Å². The van der Waals surface area contributed by atoms with Gasteiger partial charge in [0.05, 0.1) is 11.9 Å². The van der Waals surface area contributed by atoms with Crippen LogP contribution in [0.25, 0.3) is 0 Å². The Kier molecular flexibility index (Phi) is 9.14. The molecule has 0 saturated heterocycles. The summed E-state index contributed by atoms with van der Waals surface area (Å²) in [6.45, 7) is 8.79. The van der Waals surface area contributed by atoms with Crippen LogP contribution in [0, 0.1) is 0 Å². The smallest absolute Gasteiger partial charge is 0.244 e. The summed E-state index contributed by atoms with van der Waals surface area (Å²) in [5, 5.41) is 3.34. The number of rotatable bonds is 9. The highest BCUT2D eigenvalue weighted by atomic mass is 35.5. The minimum absolute atomic E-state index is 0.0591. The summed E-state index contributed by atoms with van der Waals surface area (Å²) < 4.78 is 26.3. The standard InChI is InChI=1S/C25H34ClN3O4S/c1-7-19-12-14-21(15-13-19)29(34(6,32)33)17-23(30)28(16-20-10-8-9-11-22(20)26)18(2)24(31)27-25(3,4)5/h8-15,18H,7,16-17H2,1-6H3,(H,27,31). The number of hydrogen-bond donors (Lipinski definition) is 1. The second kappa shape index (κ2) is 11.2. The second-order valence-corrected chi connectivity index (χ2v) is 11.6. The molecule has 7 nitrogen and oxygen atoms in total. The normalized spacial score (nSPS) is 12.7. The lowest BCUT2D eigenvalue weighted by Crippen LogP contribution is -2.54. The molecular formula is C25H34ClN3O4S. The lowest BCUT2D eigenvalue weighted by molar-refractivity contribution is -0.140. The van der Waals surface area contributed by atoms with Crippen LogP contribution in [0.2, 0.25) is 5.02 Å². The number of halogens is 1. The van der Waals surface area contributed by atoms with Crippen molar-refractivity contribution in [2.24, 2.45) is 0 Å². The minimum atomic E-state index is -3.76. The van der Waals surface area contributed by atoms with Gasteiger partial charge >= 0.3 is 0 Å². The van der Waals surface area contributed by atoms with Gasteiger partial charge in [-0.05, 0) is 63.4 Å². The predicted molar refractivity (Wildman–Crippen MR) is 137 cm³/mol. The van der Waals surface area contributed by atoms with E-state index < -0.39 is 34.1 Å². The number of anilines is 1. The number of hydrogen-bond acceptors (Lipinski definition) is 4. The number of benzene rings is 2. The molecule has 1 unspecified atom stereocenters. The number of nitrogens with zero attached hydrogens (tertiary/aromatic N) is 2. The van der Waals surface area contributed by atoms with E-state index in [0.29, 0.717) is 16.3 Å². The number of nitrogens with one attached hydrogen (secondary N) is 1. The lowest BCUT2D eigenvalue weighted by Gasteiger charge is -2.33. The van der Waals surface area contributed by atoms with Crippen LogP contribution >= 0.6 is 11.6 Å². The molecule has 0 radical (unpaired) electrons. The van der Waals surface area contributed by atoms with Gasteiger partial charge in [-0.1, -0.05) is 48.9 Å². The van der Waals surface area contributed by atoms with Gasteiger partial charge in [-0.2, -0.15) is 0 Å². The molecule has 0 aliphatic rings. The first-order chi connectivity index (χ1) is 15.7. The van der Waals surface area contributed by atoms with Crippen molar-refractivity contribution in [1.29, 1.82) is 0 Å². The summed E-state index contributed by atoms with van der Waals surface area (Å²) in [6.07, 6.45) is 1.87. The third kappa shape index (κ3) is 7.74. The molecule has 0 heterocycles. The summed E-state index contributed by atoms with van der Waals surface area (Å²) in [6, 6.07) is 13.2. The van der Waals surface area contributed by atoms with Crippen molar-refractivity contribution in [1.82, 2.24) is 10.2 Å². The van der Waals surface area contributed by atoms with Crippen molar-refractivity contribution in [3.05, 3.63) is 64.7 Å². The molecule has 2 amide bonds. The van der Waals surface area contributed by atoms with Gasteiger partial charge in [-0.15, -0.1) is 0 Å². The van der Waals surface area contributed by atoms with Gasteiger partial charge in [-0.25, -0.2) is 8.42 Å². The molecule has 0 fully saturated rings. The van der Waals surface area contributed by atoms with Crippen LogP contribution in [0.5, 0.6) is 0 Å². The molecule has 34 heavy (non-hydrogen) atoms. The molecule has 0 aliphatic heterocycles. The molecule has 0 saturated carbocycles. The Morgan fingerprint density at radius 3 is 2.15 bits per heavy atom. The molecule has 0 aliphatic carbocycles. The molecular weight excluding hydrogens is 474 g/mol. The number of carbonyl (C=O) groups is 2. The Bertz CT molecular complexity index is 1110. The number of aryl methyl sites for hydroxylation is 1. The molecule has 2 aromatic rings. The van der Waals surface area contributed by atoms with Gasteiger partial charge in [0.15, 0.2) is 0 Å². The predicted octanol–water partition coefficient (Wildman–Crippen LogP) is 4.00. The third-order valence-electron chi connectivity index (χ3n) is 5.28. The average Bonchev–Trinajstić information content (AvgIpc) is 2.74. The van der Waals surface area contributed by atoms with E-state index in [2.05, 4.69) is 5.32 Å². The largest absolute Gasteiger partial charge is 0.350 e. The highest BCUT2D eigenvalue weighted by Crippen LogP contribution is 2.22. The summed E-state index contributed by atoms with van der Waals surface area (Å²) in [5.41, 5.74) is 1.60. The summed E-state index contributed by atoms with van der Waals surface area (Å²) in [7, 11) is -3.76. The molecule has 2 rings (SSSR count). The van der Waals surface area contributed by atoms with Crippen molar-refractivity contribution in [3.8, 4) is 0 Å². The summed E-state index contributed by atoms with van der Waals surface area (Å²) >= 11 is 6.32. The topological polar surface area (TPSA) is 86.8 Å². The fourth-order valence-electron chi connectivity index (χ4n) is 3.38. The van der Waals surface area contributed by atoms with E-state index >= 15 is 0 Å². The zero-order chi connectivity index (χ0) is 25.7. The molecule has 2 aromatic carbocycles. The van der Waals surface area contributed by atoms with E-state index in [-0.39, 0.29) is 12.5 Å². The van der Waals surface area contributed by atoms with E-state index in [9.17, 15) is 18.0 Å². The van der Waals surface area contributed by atoms with Crippen LogP contribution in [-0.4, -0.2) is 49.5 Å². The van der Waals surface area contributed by atoms with Gasteiger partial charge < -0.3 is 10.2 Å². The Hall–Kier alpha value is -2.58. The zero-order valence-corrected chi connectivity index (χ0v) is 22.2. The van der Waals surface area contributed by atoms with Crippen LogP contribution in [0.1, 0.15) is 45.7 Å². The van der Waals surface area contributed by atoms with Crippen LogP contribution < -0.4 is 9.62 Å². The van der Waals surface area contributed by atoms with E-state index in [1.807, 2.05) is 39.8 Å². The maximum atomic E-state index is 13.5. The quantitative estimate of drug-likeness (QED) is 0.555.